The monoisotopic (exact) mass is 209 g/mol. The summed E-state index contributed by atoms with van der Waals surface area (Å²) in [5, 5.41) is 12.6. The first-order chi connectivity index (χ1) is 7.25. The minimum atomic E-state index is -0.154. The van der Waals surface area contributed by atoms with Crippen LogP contribution in [0, 0.1) is 5.92 Å². The van der Waals surface area contributed by atoms with E-state index < -0.39 is 0 Å². The van der Waals surface area contributed by atoms with Gasteiger partial charge in [0.05, 0.1) is 6.20 Å². The Labute approximate surface area is 88.0 Å². The molecule has 0 aliphatic carbocycles. The van der Waals surface area contributed by atoms with Crippen LogP contribution in [0.3, 0.4) is 0 Å². The van der Waals surface area contributed by atoms with Crippen LogP contribution in [-0.4, -0.2) is 52.9 Å². The maximum atomic E-state index is 11.5. The maximum Gasteiger partial charge on any atom is 0.273 e. The van der Waals surface area contributed by atoms with Crippen molar-refractivity contribution in [3.05, 3.63) is 11.9 Å². The summed E-state index contributed by atoms with van der Waals surface area (Å²) in [5.74, 6) is 0.407. The van der Waals surface area contributed by atoms with Gasteiger partial charge in [-0.2, -0.15) is 15.4 Å². The molecule has 0 bridgehead atoms. The van der Waals surface area contributed by atoms with E-state index in [4.69, 9.17) is 0 Å². The van der Waals surface area contributed by atoms with Gasteiger partial charge in [-0.15, -0.1) is 0 Å². The SMILES string of the molecule is CN1CCC(CNC(=O)c2cn[nH]n2)C1. The smallest absolute Gasteiger partial charge is 0.273 e. The number of carbonyl (C=O) groups excluding carboxylic acids is 1. The van der Waals surface area contributed by atoms with Crippen molar-refractivity contribution in [2.24, 2.45) is 5.92 Å². The van der Waals surface area contributed by atoms with Gasteiger partial charge < -0.3 is 10.2 Å². The molecule has 6 nitrogen and oxygen atoms in total. The van der Waals surface area contributed by atoms with Gasteiger partial charge in [0.15, 0.2) is 5.69 Å². The van der Waals surface area contributed by atoms with Crippen molar-refractivity contribution in [1.82, 2.24) is 25.6 Å². The lowest BCUT2D eigenvalue weighted by Gasteiger charge is -2.10. The van der Waals surface area contributed by atoms with Crippen LogP contribution in [-0.2, 0) is 0 Å². The van der Waals surface area contributed by atoms with E-state index >= 15 is 0 Å². The normalized spacial score (nSPS) is 21.8. The van der Waals surface area contributed by atoms with Crippen molar-refractivity contribution in [3.8, 4) is 0 Å². The molecule has 1 aliphatic rings. The zero-order chi connectivity index (χ0) is 10.7. The number of H-pyrrole nitrogens is 1. The number of amides is 1. The number of carbonyl (C=O) groups is 1. The topological polar surface area (TPSA) is 73.9 Å². The molecule has 15 heavy (non-hydrogen) atoms. The Morgan fingerprint density at radius 2 is 2.67 bits per heavy atom. The number of hydrogen-bond acceptors (Lipinski definition) is 4. The lowest BCUT2D eigenvalue weighted by molar-refractivity contribution is 0.0942. The van der Waals surface area contributed by atoms with Gasteiger partial charge in [-0.25, -0.2) is 0 Å². The second kappa shape index (κ2) is 4.39. The van der Waals surface area contributed by atoms with Crippen LogP contribution in [0.2, 0.25) is 0 Å². The number of hydrogen-bond donors (Lipinski definition) is 2. The van der Waals surface area contributed by atoms with E-state index in [0.717, 1.165) is 26.1 Å². The summed E-state index contributed by atoms with van der Waals surface area (Å²) in [6.07, 6.45) is 2.58. The van der Waals surface area contributed by atoms with Gasteiger partial charge in [0.1, 0.15) is 0 Å². The molecule has 82 valence electrons. The summed E-state index contributed by atoms with van der Waals surface area (Å²) in [5.41, 5.74) is 0.348. The van der Waals surface area contributed by atoms with Gasteiger partial charge >= 0.3 is 0 Å². The van der Waals surface area contributed by atoms with E-state index in [1.807, 2.05) is 0 Å². The predicted molar refractivity (Wildman–Crippen MR) is 54.3 cm³/mol. The number of aromatic amines is 1. The Morgan fingerprint density at radius 1 is 1.80 bits per heavy atom. The van der Waals surface area contributed by atoms with Crippen LogP contribution in [0.5, 0.6) is 0 Å². The first-order valence-electron chi connectivity index (χ1n) is 5.08. The lowest BCUT2D eigenvalue weighted by atomic mass is 10.1. The van der Waals surface area contributed by atoms with Crippen molar-refractivity contribution in [1.29, 1.82) is 0 Å². The number of nitrogens with one attached hydrogen (secondary N) is 2. The number of aromatic nitrogens is 3. The maximum absolute atomic E-state index is 11.5. The molecular formula is C9H15N5O. The van der Waals surface area contributed by atoms with Crippen LogP contribution in [0.1, 0.15) is 16.9 Å². The Bertz CT molecular complexity index is 323. The molecule has 0 saturated carbocycles. The standard InChI is InChI=1S/C9H15N5O/c1-14-3-2-7(6-14)4-10-9(15)8-5-11-13-12-8/h5,7H,2-4,6H2,1H3,(H,10,15)(H,11,12,13). The van der Waals surface area contributed by atoms with E-state index in [9.17, 15) is 4.79 Å². The van der Waals surface area contributed by atoms with Crippen LogP contribution >= 0.6 is 0 Å². The zero-order valence-corrected chi connectivity index (χ0v) is 8.73. The molecule has 1 amide bonds. The van der Waals surface area contributed by atoms with E-state index in [-0.39, 0.29) is 5.91 Å². The van der Waals surface area contributed by atoms with Crippen LogP contribution in [0.15, 0.2) is 6.20 Å². The van der Waals surface area contributed by atoms with Gasteiger partial charge in [0.2, 0.25) is 0 Å². The summed E-state index contributed by atoms with van der Waals surface area (Å²) in [4.78, 5) is 13.8. The number of likely N-dealkylation sites (tertiary alicyclic amines) is 1. The third-order valence-corrected chi connectivity index (χ3v) is 2.69. The summed E-state index contributed by atoms with van der Waals surface area (Å²) >= 11 is 0. The molecule has 2 rings (SSSR count). The summed E-state index contributed by atoms with van der Waals surface area (Å²) in [6, 6.07) is 0. The molecule has 1 aromatic rings. The molecule has 1 saturated heterocycles. The Morgan fingerprint density at radius 3 is 3.27 bits per heavy atom. The van der Waals surface area contributed by atoms with E-state index in [1.54, 1.807) is 0 Å². The fourth-order valence-corrected chi connectivity index (χ4v) is 1.83. The van der Waals surface area contributed by atoms with Gasteiger partial charge in [-0.05, 0) is 25.9 Å². The third-order valence-electron chi connectivity index (χ3n) is 2.69. The van der Waals surface area contributed by atoms with Crippen molar-refractivity contribution in [3.63, 3.8) is 0 Å². The van der Waals surface area contributed by atoms with Crippen LogP contribution < -0.4 is 5.32 Å². The van der Waals surface area contributed by atoms with Gasteiger partial charge in [0, 0.05) is 13.1 Å². The van der Waals surface area contributed by atoms with E-state index in [0.29, 0.717) is 11.6 Å². The molecule has 6 heteroatoms. The first kappa shape index (κ1) is 10.1. The third kappa shape index (κ3) is 2.53. The highest BCUT2D eigenvalue weighted by Crippen LogP contribution is 2.12. The van der Waals surface area contributed by atoms with Crippen molar-refractivity contribution in [2.75, 3.05) is 26.7 Å². The molecule has 0 radical (unpaired) electrons. The van der Waals surface area contributed by atoms with Gasteiger partial charge in [-0.3, -0.25) is 4.79 Å². The molecule has 1 aromatic heterocycles. The Balaban J connectivity index is 1.76. The average molecular weight is 209 g/mol. The van der Waals surface area contributed by atoms with Crippen LogP contribution in [0.4, 0.5) is 0 Å². The number of rotatable bonds is 3. The van der Waals surface area contributed by atoms with E-state index in [2.05, 4.69) is 32.7 Å². The van der Waals surface area contributed by atoms with E-state index in [1.165, 1.54) is 6.20 Å². The minimum Gasteiger partial charge on any atom is -0.350 e. The fraction of sp³-hybridized carbons (Fsp3) is 0.667. The molecule has 1 atom stereocenters. The first-order valence-corrected chi connectivity index (χ1v) is 5.08. The molecular weight excluding hydrogens is 194 g/mol. The largest absolute Gasteiger partial charge is 0.350 e. The van der Waals surface area contributed by atoms with Crippen LogP contribution in [0.25, 0.3) is 0 Å². The Hall–Kier alpha value is -1.43. The summed E-state index contributed by atoms with van der Waals surface area (Å²) < 4.78 is 0. The van der Waals surface area contributed by atoms with Gasteiger partial charge in [0.25, 0.3) is 5.91 Å². The molecule has 2 heterocycles. The van der Waals surface area contributed by atoms with Crippen molar-refractivity contribution >= 4 is 5.91 Å². The Kier molecular flexibility index (Phi) is 2.96. The summed E-state index contributed by atoms with van der Waals surface area (Å²) in [6.45, 7) is 2.89. The quantitative estimate of drug-likeness (QED) is 0.703. The highest BCUT2D eigenvalue weighted by Gasteiger charge is 2.20. The average Bonchev–Trinajstić information content (AvgIpc) is 2.84. The highest BCUT2D eigenvalue weighted by atomic mass is 16.1. The second-order valence-electron chi connectivity index (χ2n) is 3.98. The van der Waals surface area contributed by atoms with Crippen molar-refractivity contribution < 1.29 is 4.79 Å². The molecule has 1 fully saturated rings. The van der Waals surface area contributed by atoms with Gasteiger partial charge in [-0.1, -0.05) is 0 Å². The number of nitrogens with zero attached hydrogens (tertiary/aromatic N) is 3. The second-order valence-corrected chi connectivity index (χ2v) is 3.98. The zero-order valence-electron chi connectivity index (χ0n) is 8.73. The lowest BCUT2D eigenvalue weighted by Crippen LogP contribution is -2.30. The highest BCUT2D eigenvalue weighted by molar-refractivity contribution is 5.91. The minimum absolute atomic E-state index is 0.154. The molecule has 1 aliphatic heterocycles. The molecule has 0 aromatic carbocycles. The molecule has 0 spiro atoms. The fourth-order valence-electron chi connectivity index (χ4n) is 1.83. The predicted octanol–water partition coefficient (Wildman–Crippen LogP) is -0.514. The van der Waals surface area contributed by atoms with Crippen molar-refractivity contribution in [2.45, 2.75) is 6.42 Å². The molecule has 2 N–H and O–H groups in total. The summed E-state index contributed by atoms with van der Waals surface area (Å²) in [7, 11) is 2.10. The molecule has 1 unspecified atom stereocenters.